The van der Waals surface area contributed by atoms with Crippen LogP contribution in [0.4, 0.5) is 0 Å². The van der Waals surface area contributed by atoms with Gasteiger partial charge in [-0.2, -0.15) is 4.99 Å². The Morgan fingerprint density at radius 1 is 0.640 bits per heavy atom. The molecule has 3 aromatic rings. The lowest BCUT2D eigenvalue weighted by molar-refractivity contribution is 0.818. The summed E-state index contributed by atoms with van der Waals surface area (Å²) in [6.07, 6.45) is 0. The summed E-state index contributed by atoms with van der Waals surface area (Å²) in [5.41, 5.74) is 14.1. The lowest BCUT2D eigenvalue weighted by atomic mass is 9.68. The normalized spacial score (nSPS) is 11.9. The summed E-state index contributed by atoms with van der Waals surface area (Å²) >= 11 is 0. The van der Waals surface area contributed by atoms with Crippen LogP contribution in [0.15, 0.2) is 96.0 Å². The number of benzene rings is 3. The van der Waals surface area contributed by atoms with Gasteiger partial charge in [-0.15, -0.1) is 0 Å². The number of hydrogen-bond donors (Lipinski definition) is 3. The lowest BCUT2D eigenvalue weighted by Crippen LogP contribution is -2.44. The first-order valence-corrected chi connectivity index (χ1v) is 8.01. The smallest absolute Gasteiger partial charge is 0.214 e. The average molecular weight is 328 g/mol. The third-order valence-corrected chi connectivity index (χ3v) is 4.25. The molecular formula is C21H20N4. The standard InChI is InChI=1S/C21H20N4/c22-19(25-20(23)24)21(16-10-4-1-5-11-16,17-12-6-2-7-13-17)18-14-8-3-9-15-18/h1-15H,(H5,22,23,24,25). The van der Waals surface area contributed by atoms with Gasteiger partial charge >= 0.3 is 0 Å². The molecule has 25 heavy (non-hydrogen) atoms. The van der Waals surface area contributed by atoms with Crippen molar-refractivity contribution in [3.05, 3.63) is 108 Å². The Balaban J connectivity index is 2.42. The highest BCUT2D eigenvalue weighted by Crippen LogP contribution is 2.39. The summed E-state index contributed by atoms with van der Waals surface area (Å²) in [6.45, 7) is 0. The molecule has 0 atom stereocenters. The zero-order valence-corrected chi connectivity index (χ0v) is 13.8. The van der Waals surface area contributed by atoms with Gasteiger partial charge in [0.1, 0.15) is 11.3 Å². The molecule has 0 aliphatic carbocycles. The van der Waals surface area contributed by atoms with E-state index in [2.05, 4.69) is 4.99 Å². The molecule has 0 aliphatic rings. The third kappa shape index (κ3) is 3.02. The Labute approximate surface area is 147 Å². The monoisotopic (exact) mass is 328 g/mol. The summed E-state index contributed by atoms with van der Waals surface area (Å²) in [4.78, 5) is 4.13. The fraction of sp³-hybridized carbons (Fsp3) is 0.0476. The van der Waals surface area contributed by atoms with E-state index in [4.69, 9.17) is 16.9 Å². The van der Waals surface area contributed by atoms with Crippen molar-refractivity contribution in [3.63, 3.8) is 0 Å². The molecule has 0 saturated heterocycles. The van der Waals surface area contributed by atoms with Crippen molar-refractivity contribution in [2.24, 2.45) is 16.5 Å². The first kappa shape index (κ1) is 16.5. The van der Waals surface area contributed by atoms with Crippen LogP contribution in [-0.2, 0) is 5.41 Å². The third-order valence-electron chi connectivity index (χ3n) is 4.25. The zero-order valence-electron chi connectivity index (χ0n) is 13.8. The molecule has 0 aromatic heterocycles. The molecule has 0 bridgehead atoms. The number of aliphatic imine (C=N–C) groups is 1. The number of nitrogens with zero attached hydrogens (tertiary/aromatic N) is 1. The van der Waals surface area contributed by atoms with Gasteiger partial charge in [0, 0.05) is 0 Å². The van der Waals surface area contributed by atoms with Gasteiger partial charge in [0.05, 0.1) is 0 Å². The van der Waals surface area contributed by atoms with Gasteiger partial charge in [0.25, 0.3) is 0 Å². The van der Waals surface area contributed by atoms with Crippen molar-refractivity contribution < 1.29 is 0 Å². The summed E-state index contributed by atoms with van der Waals surface area (Å²) < 4.78 is 0. The molecule has 0 saturated carbocycles. The maximum atomic E-state index is 7.60. The Morgan fingerprint density at radius 2 is 0.960 bits per heavy atom. The minimum Gasteiger partial charge on any atom is -0.386 e. The molecule has 0 spiro atoms. The van der Waals surface area contributed by atoms with Gasteiger partial charge in [0.15, 0.2) is 0 Å². The van der Waals surface area contributed by atoms with Gasteiger partial charge in [-0.25, -0.2) is 0 Å². The van der Waals surface area contributed by atoms with E-state index in [0.29, 0.717) is 0 Å². The van der Waals surface area contributed by atoms with Gasteiger partial charge < -0.3 is 11.5 Å². The number of rotatable bonds is 4. The molecule has 4 heteroatoms. The topological polar surface area (TPSA) is 88.2 Å². The SMILES string of the molecule is N=C(N)N=C(N)C(c1ccccc1)(c1ccccc1)c1ccccc1. The summed E-state index contributed by atoms with van der Waals surface area (Å²) in [5, 5.41) is 7.60. The number of amidine groups is 1. The molecule has 3 aromatic carbocycles. The van der Waals surface area contributed by atoms with E-state index in [9.17, 15) is 0 Å². The molecular weight excluding hydrogens is 308 g/mol. The second kappa shape index (κ2) is 7.01. The Morgan fingerprint density at radius 3 is 1.24 bits per heavy atom. The first-order valence-electron chi connectivity index (χ1n) is 8.01. The zero-order chi connectivity index (χ0) is 17.7. The number of guanidine groups is 1. The number of nitrogens with one attached hydrogen (secondary N) is 1. The maximum absolute atomic E-state index is 7.60. The second-order valence-corrected chi connectivity index (χ2v) is 5.73. The fourth-order valence-electron chi connectivity index (χ4n) is 3.22. The molecule has 5 N–H and O–H groups in total. The lowest BCUT2D eigenvalue weighted by Gasteiger charge is -2.35. The van der Waals surface area contributed by atoms with Gasteiger partial charge in [-0.3, -0.25) is 5.41 Å². The van der Waals surface area contributed by atoms with E-state index in [1.807, 2.05) is 91.0 Å². The molecule has 0 amide bonds. The van der Waals surface area contributed by atoms with E-state index in [1.54, 1.807) is 0 Å². The van der Waals surface area contributed by atoms with Crippen molar-refractivity contribution in [1.29, 1.82) is 5.41 Å². The Hall–Kier alpha value is -3.40. The molecule has 0 radical (unpaired) electrons. The van der Waals surface area contributed by atoms with E-state index in [1.165, 1.54) is 0 Å². The Kier molecular flexibility index (Phi) is 4.61. The van der Waals surface area contributed by atoms with Crippen LogP contribution < -0.4 is 11.5 Å². The van der Waals surface area contributed by atoms with E-state index in [-0.39, 0.29) is 11.8 Å². The molecule has 0 aliphatic heterocycles. The fourth-order valence-corrected chi connectivity index (χ4v) is 3.22. The molecule has 124 valence electrons. The molecule has 4 nitrogen and oxygen atoms in total. The van der Waals surface area contributed by atoms with Gasteiger partial charge in [-0.1, -0.05) is 91.0 Å². The van der Waals surface area contributed by atoms with Crippen LogP contribution >= 0.6 is 0 Å². The van der Waals surface area contributed by atoms with Crippen LogP contribution in [0, 0.1) is 5.41 Å². The second-order valence-electron chi connectivity index (χ2n) is 5.73. The largest absolute Gasteiger partial charge is 0.386 e. The van der Waals surface area contributed by atoms with Crippen molar-refractivity contribution in [3.8, 4) is 0 Å². The van der Waals surface area contributed by atoms with Gasteiger partial charge in [-0.05, 0) is 16.7 Å². The van der Waals surface area contributed by atoms with Crippen molar-refractivity contribution in [1.82, 2.24) is 0 Å². The quantitative estimate of drug-likeness (QED) is 0.390. The molecule has 0 heterocycles. The van der Waals surface area contributed by atoms with Crippen LogP contribution in [-0.4, -0.2) is 11.8 Å². The van der Waals surface area contributed by atoms with Crippen LogP contribution in [0.3, 0.4) is 0 Å². The highest BCUT2D eigenvalue weighted by Gasteiger charge is 2.40. The highest BCUT2D eigenvalue weighted by molar-refractivity contribution is 6.04. The highest BCUT2D eigenvalue weighted by atomic mass is 15.0. The number of hydrogen-bond acceptors (Lipinski definition) is 1. The minimum atomic E-state index is -0.824. The molecule has 0 fully saturated rings. The van der Waals surface area contributed by atoms with Crippen molar-refractivity contribution >= 4 is 11.8 Å². The van der Waals surface area contributed by atoms with E-state index < -0.39 is 5.41 Å². The first-order chi connectivity index (χ1) is 12.2. The molecule has 0 unspecified atom stereocenters. The average Bonchev–Trinajstić information content (AvgIpc) is 2.64. The van der Waals surface area contributed by atoms with Crippen LogP contribution in [0.5, 0.6) is 0 Å². The van der Waals surface area contributed by atoms with Crippen molar-refractivity contribution in [2.75, 3.05) is 0 Å². The summed E-state index contributed by atoms with van der Waals surface area (Å²) in [6, 6.07) is 29.8. The predicted molar refractivity (Wildman–Crippen MR) is 103 cm³/mol. The van der Waals surface area contributed by atoms with Crippen molar-refractivity contribution in [2.45, 2.75) is 5.41 Å². The van der Waals surface area contributed by atoms with Crippen LogP contribution in [0.25, 0.3) is 0 Å². The van der Waals surface area contributed by atoms with Crippen LogP contribution in [0.2, 0.25) is 0 Å². The summed E-state index contributed by atoms with van der Waals surface area (Å²) in [7, 11) is 0. The van der Waals surface area contributed by atoms with E-state index >= 15 is 0 Å². The Bertz CT molecular complexity index is 775. The minimum absolute atomic E-state index is 0.267. The summed E-state index contributed by atoms with van der Waals surface area (Å²) in [5.74, 6) is -0.0479. The molecule has 3 rings (SSSR count). The van der Waals surface area contributed by atoms with E-state index in [0.717, 1.165) is 16.7 Å². The van der Waals surface area contributed by atoms with Gasteiger partial charge in [0.2, 0.25) is 5.96 Å². The number of nitrogens with two attached hydrogens (primary N) is 2. The maximum Gasteiger partial charge on any atom is 0.214 e. The predicted octanol–water partition coefficient (Wildman–Crippen LogP) is 3.27. The van der Waals surface area contributed by atoms with Crippen LogP contribution in [0.1, 0.15) is 16.7 Å².